The van der Waals surface area contributed by atoms with Crippen LogP contribution in [-0.4, -0.2) is 23.3 Å². The minimum absolute atomic E-state index is 0.0896. The van der Waals surface area contributed by atoms with Gasteiger partial charge in [-0.15, -0.1) is 0 Å². The molecule has 5 aromatic rings. The Labute approximate surface area is 222 Å². The number of benzene rings is 3. The number of hydrogen-bond donors (Lipinski definition) is 2. The van der Waals surface area contributed by atoms with E-state index in [1.165, 1.54) is 36.7 Å². The zero-order valence-electron chi connectivity index (χ0n) is 20.4. The Morgan fingerprint density at radius 1 is 0.897 bits per heavy atom. The van der Waals surface area contributed by atoms with Gasteiger partial charge in [-0.3, -0.25) is 4.79 Å². The summed E-state index contributed by atoms with van der Waals surface area (Å²) in [5.74, 6) is -0.557. The van der Waals surface area contributed by atoms with Crippen molar-refractivity contribution in [2.45, 2.75) is 18.0 Å². The van der Waals surface area contributed by atoms with E-state index in [9.17, 15) is 26.4 Å². The molecule has 5 rings (SSSR count). The third-order valence-electron chi connectivity index (χ3n) is 5.93. The zero-order valence-corrected chi connectivity index (χ0v) is 21.2. The highest BCUT2D eigenvalue weighted by Crippen LogP contribution is 2.34. The number of aromatic nitrogens is 2. The van der Waals surface area contributed by atoms with Gasteiger partial charge in [0.1, 0.15) is 5.69 Å². The van der Waals surface area contributed by atoms with Crippen molar-refractivity contribution in [2.24, 2.45) is 0 Å². The molecule has 2 N–H and O–H groups in total. The van der Waals surface area contributed by atoms with Crippen LogP contribution < -0.4 is 10.6 Å². The number of alkyl halides is 3. The lowest BCUT2D eigenvalue weighted by Crippen LogP contribution is -2.13. The maximum atomic E-state index is 13.4. The molecule has 0 saturated heterocycles. The molecule has 2 heterocycles. The molecule has 0 aliphatic carbocycles. The van der Waals surface area contributed by atoms with Gasteiger partial charge in [-0.1, -0.05) is 42.0 Å². The largest absolute Gasteiger partial charge is 0.433 e. The Kier molecular flexibility index (Phi) is 6.61. The van der Waals surface area contributed by atoms with Gasteiger partial charge in [0.15, 0.2) is 0 Å². The van der Waals surface area contributed by atoms with Crippen LogP contribution in [0.1, 0.15) is 21.6 Å². The molecule has 0 saturated carbocycles. The van der Waals surface area contributed by atoms with E-state index in [-0.39, 0.29) is 21.7 Å². The summed E-state index contributed by atoms with van der Waals surface area (Å²) in [6.07, 6.45) is -2.12. The fourth-order valence-corrected chi connectivity index (χ4v) is 5.15. The monoisotopic (exact) mass is 550 g/mol. The normalized spacial score (nSPS) is 11.9. The van der Waals surface area contributed by atoms with Gasteiger partial charge in [-0.2, -0.15) is 13.2 Å². The summed E-state index contributed by atoms with van der Waals surface area (Å²) in [5, 5.41) is 6.17. The van der Waals surface area contributed by atoms with E-state index in [0.29, 0.717) is 16.8 Å². The molecule has 0 aliphatic rings. The number of anilines is 3. The van der Waals surface area contributed by atoms with Crippen LogP contribution in [0.15, 0.2) is 102 Å². The fourth-order valence-electron chi connectivity index (χ4n) is 3.95. The van der Waals surface area contributed by atoms with Crippen LogP contribution in [0.2, 0.25) is 0 Å². The number of aryl methyl sites for hydroxylation is 1. The van der Waals surface area contributed by atoms with E-state index in [0.717, 1.165) is 15.6 Å². The van der Waals surface area contributed by atoms with E-state index in [1.54, 1.807) is 54.6 Å². The van der Waals surface area contributed by atoms with Crippen LogP contribution >= 0.6 is 0 Å². The summed E-state index contributed by atoms with van der Waals surface area (Å²) in [6.45, 7) is 1.85. The van der Waals surface area contributed by atoms with E-state index >= 15 is 0 Å². The second-order valence-corrected chi connectivity index (χ2v) is 10.6. The Bertz CT molecular complexity index is 1800. The molecule has 3 aromatic carbocycles. The highest BCUT2D eigenvalue weighted by atomic mass is 32.2. The van der Waals surface area contributed by atoms with Crippen molar-refractivity contribution in [3.8, 4) is 0 Å². The first-order chi connectivity index (χ1) is 18.5. The van der Waals surface area contributed by atoms with Gasteiger partial charge in [-0.25, -0.2) is 17.4 Å². The average Bonchev–Trinajstić information content (AvgIpc) is 3.40. The highest BCUT2D eigenvalue weighted by Gasteiger charge is 2.33. The summed E-state index contributed by atoms with van der Waals surface area (Å²) in [6, 6.07) is 21.6. The van der Waals surface area contributed by atoms with E-state index in [1.807, 2.05) is 6.92 Å². The molecule has 198 valence electrons. The van der Waals surface area contributed by atoms with Gasteiger partial charge >= 0.3 is 6.18 Å². The fraction of sp³-hybridized carbons (Fsp3) is 0.0714. The number of para-hydroxylation sites is 1. The standard InChI is InChI=1S/C28H21F3N4O3S/c1-18-9-11-22(12-10-18)39(37,38)35-14-13-19(17-35)27(36)33-21-6-4-5-20(15-21)32-25-16-26(28(29,30)31)34-24-8-3-2-7-23(24)25/h2-17H,1H3,(H,32,34)(H,33,36). The van der Waals surface area contributed by atoms with Gasteiger partial charge in [-0.05, 0) is 55.5 Å². The van der Waals surface area contributed by atoms with Crippen LogP contribution in [0.5, 0.6) is 0 Å². The molecule has 0 radical (unpaired) electrons. The minimum atomic E-state index is -4.63. The summed E-state index contributed by atoms with van der Waals surface area (Å²) in [5.41, 5.74) is 1.16. The molecule has 0 fully saturated rings. The maximum Gasteiger partial charge on any atom is 0.433 e. The van der Waals surface area contributed by atoms with Crippen molar-refractivity contribution < 1.29 is 26.4 Å². The summed E-state index contributed by atoms with van der Waals surface area (Å²) < 4.78 is 67.0. The second kappa shape index (κ2) is 9.91. The van der Waals surface area contributed by atoms with Crippen molar-refractivity contribution >= 4 is 43.9 Å². The van der Waals surface area contributed by atoms with E-state index in [2.05, 4.69) is 15.6 Å². The SMILES string of the molecule is Cc1ccc(S(=O)(=O)n2ccc(C(=O)Nc3cccc(Nc4cc(C(F)(F)F)nc5ccccc45)c3)c2)cc1. The van der Waals surface area contributed by atoms with Gasteiger partial charge in [0.2, 0.25) is 0 Å². The van der Waals surface area contributed by atoms with Crippen molar-refractivity contribution in [1.29, 1.82) is 0 Å². The predicted molar refractivity (Wildman–Crippen MR) is 143 cm³/mol. The molecule has 0 unspecified atom stereocenters. The minimum Gasteiger partial charge on any atom is -0.355 e. The Morgan fingerprint density at radius 3 is 2.36 bits per heavy atom. The first kappa shape index (κ1) is 26.0. The number of halogens is 3. The smallest absolute Gasteiger partial charge is 0.355 e. The average molecular weight is 551 g/mol. The van der Waals surface area contributed by atoms with Crippen molar-refractivity contribution in [1.82, 2.24) is 8.96 Å². The Balaban J connectivity index is 1.37. The molecule has 0 atom stereocenters. The Hall–Kier alpha value is -4.64. The molecular weight excluding hydrogens is 529 g/mol. The molecule has 7 nitrogen and oxygen atoms in total. The Morgan fingerprint density at radius 2 is 1.62 bits per heavy atom. The van der Waals surface area contributed by atoms with Gasteiger partial charge in [0.05, 0.1) is 21.7 Å². The highest BCUT2D eigenvalue weighted by molar-refractivity contribution is 7.90. The summed E-state index contributed by atoms with van der Waals surface area (Å²) in [7, 11) is -3.87. The second-order valence-electron chi connectivity index (χ2n) is 8.78. The first-order valence-corrected chi connectivity index (χ1v) is 13.1. The molecule has 1 amide bonds. The lowest BCUT2D eigenvalue weighted by Gasteiger charge is -2.14. The number of pyridine rings is 1. The summed E-state index contributed by atoms with van der Waals surface area (Å²) in [4.78, 5) is 16.7. The molecule has 0 aliphatic heterocycles. The topological polar surface area (TPSA) is 93.1 Å². The molecule has 0 spiro atoms. The van der Waals surface area contributed by atoms with Crippen molar-refractivity contribution in [3.63, 3.8) is 0 Å². The first-order valence-electron chi connectivity index (χ1n) is 11.7. The number of amides is 1. The zero-order chi connectivity index (χ0) is 27.8. The van der Waals surface area contributed by atoms with Gasteiger partial charge in [0.25, 0.3) is 15.9 Å². The van der Waals surface area contributed by atoms with Crippen LogP contribution in [0.4, 0.5) is 30.2 Å². The number of rotatable bonds is 6. The third-order valence-corrected chi connectivity index (χ3v) is 7.58. The van der Waals surface area contributed by atoms with Gasteiger partial charge in [0, 0.05) is 29.2 Å². The quantitative estimate of drug-likeness (QED) is 0.249. The lowest BCUT2D eigenvalue weighted by atomic mass is 10.1. The number of carbonyl (C=O) groups is 1. The van der Waals surface area contributed by atoms with Crippen LogP contribution in [0, 0.1) is 6.92 Å². The van der Waals surface area contributed by atoms with Crippen LogP contribution in [-0.2, 0) is 16.2 Å². The molecule has 0 bridgehead atoms. The van der Waals surface area contributed by atoms with Gasteiger partial charge < -0.3 is 10.6 Å². The molecule has 39 heavy (non-hydrogen) atoms. The molecule has 11 heteroatoms. The van der Waals surface area contributed by atoms with Crippen molar-refractivity contribution in [2.75, 3.05) is 10.6 Å². The van der Waals surface area contributed by atoms with E-state index in [4.69, 9.17) is 0 Å². The number of nitrogens with one attached hydrogen (secondary N) is 2. The number of nitrogens with zero attached hydrogens (tertiary/aromatic N) is 2. The van der Waals surface area contributed by atoms with Crippen LogP contribution in [0.25, 0.3) is 10.9 Å². The van der Waals surface area contributed by atoms with Crippen LogP contribution in [0.3, 0.4) is 0 Å². The number of fused-ring (bicyclic) bond motifs is 1. The molecule has 2 aromatic heterocycles. The third kappa shape index (κ3) is 5.48. The predicted octanol–water partition coefficient (Wildman–Crippen LogP) is 6.60. The van der Waals surface area contributed by atoms with Crippen molar-refractivity contribution in [3.05, 3.63) is 114 Å². The number of carbonyl (C=O) groups excluding carboxylic acids is 1. The molecular formula is C28H21F3N4O3S. The summed E-state index contributed by atoms with van der Waals surface area (Å²) >= 11 is 0. The van der Waals surface area contributed by atoms with E-state index < -0.39 is 27.8 Å². The number of hydrogen-bond acceptors (Lipinski definition) is 5. The lowest BCUT2D eigenvalue weighted by molar-refractivity contribution is -0.140. The maximum absolute atomic E-state index is 13.4.